The predicted molar refractivity (Wildman–Crippen MR) is 78.9 cm³/mol. The first-order chi connectivity index (χ1) is 9.67. The average Bonchev–Trinajstić information content (AvgIpc) is 2.48. The Morgan fingerprint density at radius 3 is 2.80 bits per heavy atom. The Balaban J connectivity index is 2.13. The van der Waals surface area contributed by atoms with Crippen LogP contribution in [-0.2, 0) is 9.47 Å². The van der Waals surface area contributed by atoms with E-state index in [9.17, 15) is 0 Å². The lowest BCUT2D eigenvalue weighted by Gasteiger charge is -2.39. The second-order valence-electron chi connectivity index (χ2n) is 5.47. The minimum absolute atomic E-state index is 0.179. The second-order valence-corrected chi connectivity index (χ2v) is 5.47. The van der Waals surface area contributed by atoms with Crippen LogP contribution in [0, 0.1) is 0 Å². The third-order valence-corrected chi connectivity index (χ3v) is 3.96. The lowest BCUT2D eigenvalue weighted by molar-refractivity contribution is -0.0824. The summed E-state index contributed by atoms with van der Waals surface area (Å²) in [6, 6.07) is 7.75. The molecule has 1 aliphatic rings. The summed E-state index contributed by atoms with van der Waals surface area (Å²) in [5, 5.41) is 0. The molecule has 0 aliphatic carbocycles. The molecule has 112 valence electrons. The first-order valence-corrected chi connectivity index (χ1v) is 7.27. The van der Waals surface area contributed by atoms with Gasteiger partial charge in [-0.15, -0.1) is 0 Å². The van der Waals surface area contributed by atoms with Crippen molar-refractivity contribution >= 4 is 0 Å². The molecular formula is C16H25NO3. The van der Waals surface area contributed by atoms with Crippen molar-refractivity contribution in [1.29, 1.82) is 0 Å². The van der Waals surface area contributed by atoms with E-state index in [0.717, 1.165) is 37.2 Å². The van der Waals surface area contributed by atoms with Crippen LogP contribution >= 0.6 is 0 Å². The van der Waals surface area contributed by atoms with Crippen LogP contribution in [0.15, 0.2) is 24.3 Å². The lowest BCUT2D eigenvalue weighted by Crippen LogP contribution is -2.43. The van der Waals surface area contributed by atoms with Crippen LogP contribution in [0.1, 0.15) is 37.8 Å². The zero-order valence-corrected chi connectivity index (χ0v) is 12.4. The maximum Gasteiger partial charge on any atom is 0.124 e. The maximum absolute atomic E-state index is 6.47. The highest BCUT2D eigenvalue weighted by Gasteiger charge is 2.36. The summed E-state index contributed by atoms with van der Waals surface area (Å²) < 4.78 is 16.8. The van der Waals surface area contributed by atoms with Gasteiger partial charge in [0.05, 0.1) is 18.2 Å². The van der Waals surface area contributed by atoms with Gasteiger partial charge in [0.15, 0.2) is 0 Å². The normalized spacial score (nSPS) is 24.4. The number of ether oxygens (including phenoxy) is 3. The minimum atomic E-state index is -0.307. The molecule has 1 aliphatic heterocycles. The van der Waals surface area contributed by atoms with Gasteiger partial charge in [-0.25, -0.2) is 0 Å². The molecule has 0 saturated carbocycles. The van der Waals surface area contributed by atoms with Crippen molar-refractivity contribution in [1.82, 2.24) is 0 Å². The summed E-state index contributed by atoms with van der Waals surface area (Å²) >= 11 is 0. The quantitative estimate of drug-likeness (QED) is 0.813. The highest BCUT2D eigenvalue weighted by atomic mass is 16.5. The van der Waals surface area contributed by atoms with E-state index in [1.165, 1.54) is 0 Å². The summed E-state index contributed by atoms with van der Waals surface area (Å²) in [4.78, 5) is 0. The number of rotatable bonds is 6. The van der Waals surface area contributed by atoms with Gasteiger partial charge in [-0.05, 0) is 32.3 Å². The topological polar surface area (TPSA) is 53.7 Å². The molecule has 2 rings (SSSR count). The van der Waals surface area contributed by atoms with E-state index in [0.29, 0.717) is 13.2 Å². The van der Waals surface area contributed by atoms with E-state index in [1.54, 1.807) is 7.11 Å². The van der Waals surface area contributed by atoms with Crippen LogP contribution in [-0.4, -0.2) is 32.5 Å². The molecule has 2 unspecified atom stereocenters. The fourth-order valence-corrected chi connectivity index (χ4v) is 2.63. The van der Waals surface area contributed by atoms with Crippen molar-refractivity contribution in [2.45, 2.75) is 37.8 Å². The molecule has 1 aromatic carbocycles. The number of hydrogen-bond acceptors (Lipinski definition) is 4. The van der Waals surface area contributed by atoms with Crippen LogP contribution in [0.3, 0.4) is 0 Å². The zero-order valence-electron chi connectivity index (χ0n) is 12.4. The van der Waals surface area contributed by atoms with Gasteiger partial charge in [-0.3, -0.25) is 0 Å². The van der Waals surface area contributed by atoms with Crippen molar-refractivity contribution in [2.24, 2.45) is 5.73 Å². The van der Waals surface area contributed by atoms with Crippen LogP contribution < -0.4 is 10.5 Å². The molecule has 0 bridgehead atoms. The summed E-state index contributed by atoms with van der Waals surface area (Å²) in [7, 11) is 1.66. The van der Waals surface area contributed by atoms with Gasteiger partial charge in [-0.2, -0.15) is 0 Å². The van der Waals surface area contributed by atoms with Crippen LogP contribution in [0.25, 0.3) is 0 Å². The largest absolute Gasteiger partial charge is 0.491 e. The minimum Gasteiger partial charge on any atom is -0.491 e. The molecule has 1 heterocycles. The summed E-state index contributed by atoms with van der Waals surface area (Å²) in [6.45, 7) is 3.98. The first-order valence-electron chi connectivity index (χ1n) is 7.27. The van der Waals surface area contributed by atoms with Gasteiger partial charge in [0.25, 0.3) is 0 Å². The average molecular weight is 279 g/mol. The highest BCUT2D eigenvalue weighted by Crippen LogP contribution is 2.38. The Morgan fingerprint density at radius 1 is 1.30 bits per heavy atom. The van der Waals surface area contributed by atoms with Gasteiger partial charge >= 0.3 is 0 Å². The van der Waals surface area contributed by atoms with Gasteiger partial charge in [0.2, 0.25) is 0 Å². The molecule has 0 aromatic heterocycles. The van der Waals surface area contributed by atoms with Gasteiger partial charge in [0.1, 0.15) is 12.4 Å². The molecule has 0 radical (unpaired) electrons. The van der Waals surface area contributed by atoms with Crippen molar-refractivity contribution in [2.75, 3.05) is 26.9 Å². The Hall–Kier alpha value is -1.10. The first kappa shape index (κ1) is 15.3. The molecule has 2 N–H and O–H groups in total. The number of hydrogen-bond donors (Lipinski definition) is 1. The fourth-order valence-electron chi connectivity index (χ4n) is 2.63. The zero-order chi connectivity index (χ0) is 14.4. The van der Waals surface area contributed by atoms with Crippen LogP contribution in [0.5, 0.6) is 5.75 Å². The fraction of sp³-hybridized carbons (Fsp3) is 0.625. The monoisotopic (exact) mass is 279 g/mol. The second kappa shape index (κ2) is 7.07. The molecule has 4 nitrogen and oxygen atoms in total. The standard InChI is InChI=1S/C16H25NO3/c1-16(9-5-6-10-20-16)15(17)13-7-3-4-8-14(13)19-12-11-18-2/h3-4,7-8,15H,5-6,9-12,17H2,1-2H3. The Morgan fingerprint density at radius 2 is 2.10 bits per heavy atom. The molecule has 0 spiro atoms. The van der Waals surface area contributed by atoms with Gasteiger partial charge in [0, 0.05) is 19.3 Å². The highest BCUT2D eigenvalue weighted by molar-refractivity contribution is 5.37. The Labute approximate surface area is 121 Å². The van der Waals surface area contributed by atoms with Crippen molar-refractivity contribution in [3.05, 3.63) is 29.8 Å². The molecule has 0 amide bonds. The Kier molecular flexibility index (Phi) is 5.40. The summed E-state index contributed by atoms with van der Waals surface area (Å²) in [6.07, 6.45) is 3.27. The molecule has 4 heteroatoms. The molecule has 2 atom stereocenters. The third kappa shape index (κ3) is 3.51. The molecule has 1 saturated heterocycles. The predicted octanol–water partition coefficient (Wildman–Crippen LogP) is 2.67. The van der Waals surface area contributed by atoms with E-state index < -0.39 is 0 Å². The number of nitrogens with two attached hydrogens (primary N) is 1. The van der Waals surface area contributed by atoms with E-state index in [1.807, 2.05) is 24.3 Å². The van der Waals surface area contributed by atoms with Gasteiger partial charge < -0.3 is 19.9 Å². The number of benzene rings is 1. The molecule has 20 heavy (non-hydrogen) atoms. The van der Waals surface area contributed by atoms with E-state index >= 15 is 0 Å². The summed E-state index contributed by atoms with van der Waals surface area (Å²) in [5.41, 5.74) is 7.17. The molecular weight excluding hydrogens is 254 g/mol. The van der Waals surface area contributed by atoms with Crippen molar-refractivity contribution in [3.63, 3.8) is 0 Å². The van der Waals surface area contributed by atoms with Crippen LogP contribution in [0.4, 0.5) is 0 Å². The van der Waals surface area contributed by atoms with Crippen LogP contribution in [0.2, 0.25) is 0 Å². The Bertz CT molecular complexity index is 416. The number of methoxy groups -OCH3 is 1. The SMILES string of the molecule is COCCOc1ccccc1C(N)C1(C)CCCCO1. The lowest BCUT2D eigenvalue weighted by atomic mass is 9.84. The van der Waals surface area contributed by atoms with E-state index in [2.05, 4.69) is 6.92 Å². The molecule has 1 fully saturated rings. The van der Waals surface area contributed by atoms with Gasteiger partial charge in [-0.1, -0.05) is 18.2 Å². The van der Waals surface area contributed by atoms with E-state index in [-0.39, 0.29) is 11.6 Å². The van der Waals surface area contributed by atoms with Crippen molar-refractivity contribution in [3.8, 4) is 5.75 Å². The third-order valence-electron chi connectivity index (χ3n) is 3.96. The molecule has 1 aromatic rings. The van der Waals surface area contributed by atoms with E-state index in [4.69, 9.17) is 19.9 Å². The number of para-hydroxylation sites is 1. The summed E-state index contributed by atoms with van der Waals surface area (Å²) in [5.74, 6) is 0.826. The van der Waals surface area contributed by atoms with Crippen molar-refractivity contribution < 1.29 is 14.2 Å². The maximum atomic E-state index is 6.47. The smallest absolute Gasteiger partial charge is 0.124 e.